The van der Waals surface area contributed by atoms with E-state index >= 15 is 0 Å². The molecular formula is C17H24ClN3O3. The minimum Gasteiger partial charge on any atom is -0.382 e. The number of rotatable bonds is 6. The summed E-state index contributed by atoms with van der Waals surface area (Å²) in [6, 6.07) is 7.64. The summed E-state index contributed by atoms with van der Waals surface area (Å²) in [4.78, 5) is 27.8. The van der Waals surface area contributed by atoms with Gasteiger partial charge in [0.2, 0.25) is 0 Å². The molecule has 24 heavy (non-hydrogen) atoms. The van der Waals surface area contributed by atoms with Crippen molar-refractivity contribution in [3.63, 3.8) is 0 Å². The molecule has 0 saturated carbocycles. The van der Waals surface area contributed by atoms with Gasteiger partial charge in [-0.1, -0.05) is 17.7 Å². The molecule has 0 unspecified atom stereocenters. The summed E-state index contributed by atoms with van der Waals surface area (Å²) in [6.07, 6.45) is 0.704. The van der Waals surface area contributed by atoms with Gasteiger partial charge in [-0.3, -0.25) is 9.59 Å². The lowest BCUT2D eigenvalue weighted by molar-refractivity contribution is -0.146. The summed E-state index contributed by atoms with van der Waals surface area (Å²) in [6.45, 7) is 6.04. The van der Waals surface area contributed by atoms with Gasteiger partial charge in [0, 0.05) is 56.6 Å². The van der Waals surface area contributed by atoms with Crippen LogP contribution in [0.25, 0.3) is 0 Å². The first kappa shape index (κ1) is 18.5. The van der Waals surface area contributed by atoms with E-state index in [0.29, 0.717) is 57.4 Å². The van der Waals surface area contributed by atoms with Gasteiger partial charge in [-0.05, 0) is 31.5 Å². The molecule has 2 rings (SSSR count). The number of nitrogens with zero attached hydrogens (tertiary/aromatic N) is 2. The maximum Gasteiger partial charge on any atom is 0.312 e. The monoisotopic (exact) mass is 353 g/mol. The molecule has 1 aliphatic heterocycles. The highest BCUT2D eigenvalue weighted by molar-refractivity contribution is 6.35. The zero-order valence-electron chi connectivity index (χ0n) is 14.0. The largest absolute Gasteiger partial charge is 0.382 e. The number of anilines is 1. The highest BCUT2D eigenvalue weighted by atomic mass is 35.5. The van der Waals surface area contributed by atoms with Crippen molar-refractivity contribution in [1.82, 2.24) is 10.2 Å². The summed E-state index contributed by atoms with van der Waals surface area (Å²) in [5, 5.41) is 3.34. The summed E-state index contributed by atoms with van der Waals surface area (Å²) >= 11 is 6.01. The maximum atomic E-state index is 12.2. The third-order valence-corrected chi connectivity index (χ3v) is 4.12. The van der Waals surface area contributed by atoms with Crippen molar-refractivity contribution in [1.29, 1.82) is 0 Å². The molecule has 1 aromatic carbocycles. The zero-order chi connectivity index (χ0) is 17.4. The average Bonchev–Trinajstić information content (AvgIpc) is 2.61. The molecule has 0 bridgehead atoms. The number of halogens is 1. The van der Waals surface area contributed by atoms with Crippen LogP contribution < -0.4 is 10.2 Å². The van der Waals surface area contributed by atoms with Crippen molar-refractivity contribution in [2.24, 2.45) is 0 Å². The first-order chi connectivity index (χ1) is 11.6. The van der Waals surface area contributed by atoms with Gasteiger partial charge in [0.15, 0.2) is 0 Å². The van der Waals surface area contributed by atoms with Crippen LogP contribution in [0.2, 0.25) is 5.02 Å². The van der Waals surface area contributed by atoms with Gasteiger partial charge in [0.05, 0.1) is 0 Å². The average molecular weight is 354 g/mol. The van der Waals surface area contributed by atoms with E-state index in [9.17, 15) is 9.59 Å². The van der Waals surface area contributed by atoms with E-state index in [-0.39, 0.29) is 0 Å². The molecular weight excluding hydrogens is 330 g/mol. The van der Waals surface area contributed by atoms with Gasteiger partial charge in [-0.2, -0.15) is 0 Å². The summed E-state index contributed by atoms with van der Waals surface area (Å²) in [5.74, 6) is -1.00. The van der Waals surface area contributed by atoms with Gasteiger partial charge in [-0.15, -0.1) is 0 Å². The van der Waals surface area contributed by atoms with Crippen LogP contribution in [0.3, 0.4) is 0 Å². The Hall–Kier alpha value is -1.79. The van der Waals surface area contributed by atoms with Crippen molar-refractivity contribution in [2.75, 3.05) is 50.8 Å². The Balaban J connectivity index is 1.75. The van der Waals surface area contributed by atoms with Crippen LogP contribution in [0, 0.1) is 0 Å². The van der Waals surface area contributed by atoms with Crippen molar-refractivity contribution in [3.8, 4) is 0 Å². The highest BCUT2D eigenvalue weighted by Gasteiger charge is 2.25. The first-order valence-electron chi connectivity index (χ1n) is 8.27. The van der Waals surface area contributed by atoms with Crippen LogP contribution in [-0.2, 0) is 14.3 Å². The predicted molar refractivity (Wildman–Crippen MR) is 94.4 cm³/mol. The molecule has 1 N–H and O–H groups in total. The lowest BCUT2D eigenvalue weighted by Crippen LogP contribution is -2.52. The molecule has 1 aromatic rings. The zero-order valence-corrected chi connectivity index (χ0v) is 14.7. The Morgan fingerprint density at radius 3 is 2.67 bits per heavy atom. The Morgan fingerprint density at radius 1 is 1.25 bits per heavy atom. The number of hydrogen-bond donors (Lipinski definition) is 1. The molecule has 2 amide bonds. The smallest absolute Gasteiger partial charge is 0.312 e. The number of hydrogen-bond acceptors (Lipinski definition) is 4. The second-order valence-corrected chi connectivity index (χ2v) is 6.00. The second-order valence-electron chi connectivity index (χ2n) is 5.57. The summed E-state index contributed by atoms with van der Waals surface area (Å²) < 4.78 is 5.19. The van der Waals surface area contributed by atoms with E-state index in [4.69, 9.17) is 16.3 Å². The molecule has 0 aliphatic carbocycles. The van der Waals surface area contributed by atoms with Crippen molar-refractivity contribution in [2.45, 2.75) is 13.3 Å². The van der Waals surface area contributed by atoms with Crippen molar-refractivity contribution >= 4 is 29.1 Å². The molecule has 1 heterocycles. The van der Waals surface area contributed by atoms with Crippen LogP contribution in [0.15, 0.2) is 24.3 Å². The molecule has 1 saturated heterocycles. The van der Waals surface area contributed by atoms with E-state index in [1.54, 1.807) is 4.90 Å². The van der Waals surface area contributed by atoms with Crippen LogP contribution in [0.5, 0.6) is 0 Å². The Morgan fingerprint density at radius 2 is 2.00 bits per heavy atom. The van der Waals surface area contributed by atoms with Gasteiger partial charge >= 0.3 is 11.8 Å². The number of benzene rings is 1. The van der Waals surface area contributed by atoms with Gasteiger partial charge in [0.1, 0.15) is 0 Å². The quantitative estimate of drug-likeness (QED) is 0.622. The van der Waals surface area contributed by atoms with E-state index in [1.165, 1.54) is 0 Å². The fourth-order valence-corrected chi connectivity index (χ4v) is 2.76. The molecule has 0 radical (unpaired) electrons. The van der Waals surface area contributed by atoms with Gasteiger partial charge < -0.3 is 19.9 Å². The first-order valence-corrected chi connectivity index (χ1v) is 8.65. The Labute approximate surface area is 147 Å². The SMILES string of the molecule is CCOCCCNC(=O)C(=O)N1CCN(c2cccc(Cl)c2)CC1. The summed E-state index contributed by atoms with van der Waals surface area (Å²) in [5.41, 5.74) is 1.04. The molecule has 1 aliphatic rings. The maximum absolute atomic E-state index is 12.2. The summed E-state index contributed by atoms with van der Waals surface area (Å²) in [7, 11) is 0. The molecule has 132 valence electrons. The molecule has 7 heteroatoms. The third kappa shape index (κ3) is 5.39. The predicted octanol–water partition coefficient (Wildman–Crippen LogP) is 1.53. The topological polar surface area (TPSA) is 61.9 Å². The number of piperazine rings is 1. The van der Waals surface area contributed by atoms with E-state index in [2.05, 4.69) is 10.2 Å². The number of carbonyl (C=O) groups is 2. The Bertz CT molecular complexity index is 560. The minimum absolute atomic E-state index is 0.451. The lowest BCUT2D eigenvalue weighted by atomic mass is 10.2. The van der Waals surface area contributed by atoms with E-state index < -0.39 is 11.8 Å². The third-order valence-electron chi connectivity index (χ3n) is 3.89. The molecule has 1 fully saturated rings. The van der Waals surface area contributed by atoms with Crippen LogP contribution in [-0.4, -0.2) is 62.7 Å². The van der Waals surface area contributed by atoms with Crippen molar-refractivity contribution in [3.05, 3.63) is 29.3 Å². The Kier molecular flexibility index (Phi) is 7.34. The standard InChI is InChI=1S/C17H24ClN3O3/c1-2-24-12-4-7-19-16(22)17(23)21-10-8-20(9-11-21)15-6-3-5-14(18)13-15/h3,5-6,13H,2,4,7-12H2,1H3,(H,19,22). The number of amides is 2. The van der Waals surface area contributed by atoms with Crippen molar-refractivity contribution < 1.29 is 14.3 Å². The van der Waals surface area contributed by atoms with E-state index in [1.807, 2.05) is 31.2 Å². The fraction of sp³-hybridized carbons (Fsp3) is 0.529. The van der Waals surface area contributed by atoms with E-state index in [0.717, 1.165) is 5.69 Å². The highest BCUT2D eigenvalue weighted by Crippen LogP contribution is 2.20. The molecule has 6 nitrogen and oxygen atoms in total. The van der Waals surface area contributed by atoms with Gasteiger partial charge in [0.25, 0.3) is 0 Å². The molecule has 0 atom stereocenters. The van der Waals surface area contributed by atoms with Gasteiger partial charge in [-0.25, -0.2) is 0 Å². The fourth-order valence-electron chi connectivity index (χ4n) is 2.58. The van der Waals surface area contributed by atoms with Crippen LogP contribution in [0.4, 0.5) is 5.69 Å². The number of nitrogens with one attached hydrogen (secondary N) is 1. The molecule has 0 spiro atoms. The second kappa shape index (κ2) is 9.49. The molecule has 0 aromatic heterocycles. The normalized spacial score (nSPS) is 14.6. The minimum atomic E-state index is -0.539. The number of carbonyl (C=O) groups excluding carboxylic acids is 2. The lowest BCUT2D eigenvalue weighted by Gasteiger charge is -2.35. The number of ether oxygens (including phenoxy) is 1. The van der Waals surface area contributed by atoms with Crippen LogP contribution in [0.1, 0.15) is 13.3 Å². The van der Waals surface area contributed by atoms with Crippen LogP contribution >= 0.6 is 11.6 Å².